The molecule has 5 aliphatic rings. The second-order valence-corrected chi connectivity index (χ2v) is 21.0. The molecule has 2 aromatic heterocycles. The molecule has 4 saturated carbocycles. The topological polar surface area (TPSA) is 95.8 Å². The van der Waals surface area contributed by atoms with Crippen LogP contribution in [0.15, 0.2) is 102 Å². The lowest BCUT2D eigenvalue weighted by atomic mass is 9.33. The second-order valence-electron chi connectivity index (χ2n) is 20.2. The average molecular weight is 825 g/mol. The Balaban J connectivity index is 1.18. The Hall–Kier alpha value is -4.43. The third-order valence-corrected chi connectivity index (χ3v) is 18.2. The molecule has 4 fully saturated rings. The molecule has 1 aromatic carbocycles. The molecule has 7 nitrogen and oxygen atoms in total. The van der Waals surface area contributed by atoms with Crippen molar-refractivity contribution in [2.75, 3.05) is 11.4 Å². The summed E-state index contributed by atoms with van der Waals surface area (Å²) in [7, 11) is 0. The van der Waals surface area contributed by atoms with E-state index in [2.05, 4.69) is 81.0 Å². The van der Waals surface area contributed by atoms with Crippen LogP contribution in [0.4, 0.5) is 5.13 Å². The van der Waals surface area contributed by atoms with Gasteiger partial charge >= 0.3 is 5.97 Å². The molecule has 0 spiro atoms. The van der Waals surface area contributed by atoms with Crippen molar-refractivity contribution in [3.8, 4) is 0 Å². The summed E-state index contributed by atoms with van der Waals surface area (Å²) in [4.78, 5) is 42.9. The standard InChI is InChI=1S/C52H64N4O3S/c1-10-14-39(53-11-2)41-32-60-47(55-41)56(31-42(57)40-15-12-13-30-54-40)52-27-22-36(33(3)4)45(52)38-20-21-44-49(7)25-23-37(34-16-18-35(19-17-34)46(58)59)48(5,6)43(49)24-26-51(44,9)50(38,8)28-29-52/h10-19,23,30,32,36,38,43-45H,2-3,20-22,24-29,31H2,1,4-9H3,(H,58,59)/b14-10-,53-39?/t36-,38+,43-,44+,45+,49-,50+,51+,52-/m0/s1. The van der Waals surface area contributed by atoms with Gasteiger partial charge < -0.3 is 10.0 Å². The average Bonchev–Trinajstić information content (AvgIpc) is 3.87. The van der Waals surface area contributed by atoms with Crippen molar-refractivity contribution in [1.82, 2.24) is 9.97 Å². The minimum atomic E-state index is -0.885. The van der Waals surface area contributed by atoms with E-state index in [1.54, 1.807) is 35.9 Å². The number of carbonyl (C=O) groups is 2. The van der Waals surface area contributed by atoms with Crippen LogP contribution in [0.2, 0.25) is 0 Å². The van der Waals surface area contributed by atoms with Gasteiger partial charge in [0.05, 0.1) is 17.8 Å². The van der Waals surface area contributed by atoms with Gasteiger partial charge in [-0.2, -0.15) is 0 Å². The summed E-state index contributed by atoms with van der Waals surface area (Å²) in [5, 5.41) is 12.5. The molecule has 316 valence electrons. The van der Waals surface area contributed by atoms with Crippen LogP contribution in [0.5, 0.6) is 0 Å². The number of carboxylic acids is 1. The Bertz CT molecular complexity index is 2270. The number of aliphatic imine (C=N–C) groups is 1. The first-order valence-corrected chi connectivity index (χ1v) is 23.1. The number of rotatable bonds is 11. The maximum absolute atomic E-state index is 14.4. The third kappa shape index (κ3) is 6.44. The summed E-state index contributed by atoms with van der Waals surface area (Å²) in [5.41, 5.74) is 6.26. The van der Waals surface area contributed by atoms with Crippen molar-refractivity contribution in [2.24, 2.45) is 56.2 Å². The van der Waals surface area contributed by atoms with Crippen LogP contribution >= 0.6 is 11.3 Å². The number of fused-ring (bicyclic) bond motifs is 7. The highest BCUT2D eigenvalue weighted by Crippen LogP contribution is 2.77. The third-order valence-electron chi connectivity index (χ3n) is 17.4. The van der Waals surface area contributed by atoms with Crippen molar-refractivity contribution in [2.45, 2.75) is 112 Å². The van der Waals surface area contributed by atoms with Crippen LogP contribution < -0.4 is 4.90 Å². The van der Waals surface area contributed by atoms with E-state index in [1.165, 1.54) is 36.8 Å². The smallest absolute Gasteiger partial charge is 0.335 e. The summed E-state index contributed by atoms with van der Waals surface area (Å²) >= 11 is 1.62. The van der Waals surface area contributed by atoms with Crippen molar-refractivity contribution >= 4 is 39.5 Å². The van der Waals surface area contributed by atoms with Crippen molar-refractivity contribution in [3.63, 3.8) is 0 Å². The number of allylic oxidation sites excluding steroid dienone is 5. The van der Waals surface area contributed by atoms with Gasteiger partial charge in [-0.1, -0.05) is 83.7 Å². The molecule has 1 N–H and O–H groups in total. The van der Waals surface area contributed by atoms with Crippen molar-refractivity contribution < 1.29 is 14.7 Å². The van der Waals surface area contributed by atoms with Gasteiger partial charge in [0.2, 0.25) is 0 Å². The molecule has 5 aliphatic carbocycles. The minimum absolute atomic E-state index is 0.0214. The maximum Gasteiger partial charge on any atom is 0.335 e. The fourth-order valence-electron chi connectivity index (χ4n) is 14.6. The van der Waals surface area contributed by atoms with Gasteiger partial charge in [0.15, 0.2) is 10.9 Å². The number of aromatic carboxylic acids is 1. The van der Waals surface area contributed by atoms with Crippen LogP contribution in [0, 0.1) is 51.2 Å². The van der Waals surface area contributed by atoms with Crippen LogP contribution in [0.3, 0.4) is 0 Å². The van der Waals surface area contributed by atoms with Crippen molar-refractivity contribution in [3.05, 3.63) is 120 Å². The molecule has 0 saturated heterocycles. The zero-order chi connectivity index (χ0) is 42.8. The Morgan fingerprint density at radius 1 is 0.950 bits per heavy atom. The number of ketones is 1. The molecule has 0 radical (unpaired) electrons. The lowest BCUT2D eigenvalue weighted by molar-refractivity contribution is -0.217. The monoisotopic (exact) mass is 824 g/mol. The first-order valence-electron chi connectivity index (χ1n) is 22.2. The number of thiazole rings is 1. The number of carboxylic acid groups (broad SMARTS) is 1. The second kappa shape index (κ2) is 15.5. The molecular weight excluding hydrogens is 761 g/mol. The van der Waals surface area contributed by atoms with Crippen molar-refractivity contribution in [1.29, 1.82) is 0 Å². The molecule has 8 rings (SSSR count). The molecule has 0 aliphatic heterocycles. The Morgan fingerprint density at radius 2 is 1.72 bits per heavy atom. The highest BCUT2D eigenvalue weighted by atomic mass is 32.1. The zero-order valence-corrected chi connectivity index (χ0v) is 37.7. The number of anilines is 1. The van der Waals surface area contributed by atoms with Gasteiger partial charge in [-0.05, 0) is 164 Å². The number of hydrogen-bond acceptors (Lipinski definition) is 7. The number of benzene rings is 1. The highest BCUT2D eigenvalue weighted by molar-refractivity contribution is 7.14. The number of aromatic nitrogens is 2. The van der Waals surface area contributed by atoms with E-state index in [0.717, 1.165) is 54.2 Å². The van der Waals surface area contributed by atoms with Gasteiger partial charge in [-0.25, -0.2) is 9.78 Å². The summed E-state index contributed by atoms with van der Waals surface area (Å²) in [6, 6.07) is 13.2. The summed E-state index contributed by atoms with van der Waals surface area (Å²) in [6.07, 6.45) is 19.7. The van der Waals surface area contributed by atoms with Crippen LogP contribution in [-0.4, -0.2) is 44.6 Å². The van der Waals surface area contributed by atoms with Gasteiger partial charge in [-0.3, -0.25) is 14.8 Å². The van der Waals surface area contributed by atoms with Crippen LogP contribution in [0.1, 0.15) is 138 Å². The normalized spacial score (nSPS) is 34.4. The van der Waals surface area contributed by atoms with Crippen LogP contribution in [-0.2, 0) is 0 Å². The van der Waals surface area contributed by atoms with E-state index >= 15 is 0 Å². The highest BCUT2D eigenvalue weighted by Gasteiger charge is 2.71. The Kier molecular flexibility index (Phi) is 10.9. The quantitative estimate of drug-likeness (QED) is 0.118. The van der Waals surface area contributed by atoms with E-state index in [4.69, 9.17) is 4.98 Å². The molecule has 0 unspecified atom stereocenters. The minimum Gasteiger partial charge on any atom is -0.478 e. The van der Waals surface area contributed by atoms with Gasteiger partial charge in [-0.15, -0.1) is 11.3 Å². The molecule has 8 heteroatoms. The molecule has 60 heavy (non-hydrogen) atoms. The van der Waals surface area contributed by atoms with E-state index in [0.29, 0.717) is 40.8 Å². The SMILES string of the molecule is C=CN=C(/C=C\C)c1csc(N(CC(=O)c2ccccn2)[C@]23CC[C@@H](C(=C)C)[C@@H]2[C@H]2CC[C@@H]4[C@@]5(C)CC=C(c6ccc(C(=O)O)cc6)C(C)(C)[C@@H]5CC[C@@]4(C)[C@]2(C)CC3)n1. The van der Waals surface area contributed by atoms with Gasteiger partial charge in [0.25, 0.3) is 0 Å². The maximum atomic E-state index is 14.4. The predicted molar refractivity (Wildman–Crippen MR) is 246 cm³/mol. The molecule has 0 bridgehead atoms. The van der Waals surface area contributed by atoms with Gasteiger partial charge in [0.1, 0.15) is 11.4 Å². The van der Waals surface area contributed by atoms with E-state index < -0.39 is 5.97 Å². The van der Waals surface area contributed by atoms with E-state index in [-0.39, 0.29) is 39.5 Å². The number of Topliss-reactive ketones (excluding diaryl/α,β-unsaturated/α-hetero) is 1. The van der Waals surface area contributed by atoms with E-state index in [9.17, 15) is 14.7 Å². The van der Waals surface area contributed by atoms with E-state index in [1.807, 2.05) is 49.4 Å². The molecule has 9 atom stereocenters. The fraction of sp³-hybridized carbons (Fsp3) is 0.519. The Labute approximate surface area is 361 Å². The zero-order valence-electron chi connectivity index (χ0n) is 36.8. The largest absolute Gasteiger partial charge is 0.478 e. The Morgan fingerprint density at radius 3 is 2.38 bits per heavy atom. The molecule has 2 heterocycles. The fourth-order valence-corrected chi connectivity index (χ4v) is 15.5. The molecule has 3 aromatic rings. The lowest BCUT2D eigenvalue weighted by Gasteiger charge is -2.73. The summed E-state index contributed by atoms with van der Waals surface area (Å²) < 4.78 is 0. The number of nitrogens with zero attached hydrogens (tertiary/aromatic N) is 4. The summed E-state index contributed by atoms with van der Waals surface area (Å²) in [6.45, 7) is 25.9. The molecule has 0 amide bonds. The van der Waals surface area contributed by atoms with Crippen LogP contribution in [0.25, 0.3) is 5.57 Å². The summed E-state index contributed by atoms with van der Waals surface area (Å²) in [5.74, 6) is 1.40. The number of carbonyl (C=O) groups excluding carboxylic acids is 1. The van der Waals surface area contributed by atoms with Gasteiger partial charge in [0, 0.05) is 23.3 Å². The first kappa shape index (κ1) is 42.3. The molecular formula is C52H64N4O3S. The lowest BCUT2D eigenvalue weighted by Crippen LogP contribution is -2.68. The predicted octanol–water partition coefficient (Wildman–Crippen LogP) is 12.5. The number of hydrogen-bond donors (Lipinski definition) is 1. The number of pyridine rings is 1. The first-order chi connectivity index (χ1) is 28.6.